The number of nitrogens with zero attached hydrogens (tertiary/aromatic N) is 2. The van der Waals surface area contributed by atoms with E-state index in [1.54, 1.807) is 6.20 Å². The molecule has 5 nitrogen and oxygen atoms in total. The van der Waals surface area contributed by atoms with Crippen LogP contribution in [0.4, 0.5) is 11.5 Å². The van der Waals surface area contributed by atoms with Gasteiger partial charge in [-0.25, -0.2) is 9.97 Å². The maximum absolute atomic E-state index is 5.75. The van der Waals surface area contributed by atoms with Crippen molar-refractivity contribution in [2.24, 2.45) is 0 Å². The van der Waals surface area contributed by atoms with Gasteiger partial charge in [0.05, 0.1) is 5.52 Å². The van der Waals surface area contributed by atoms with Crippen LogP contribution in [0.15, 0.2) is 42.7 Å². The van der Waals surface area contributed by atoms with Gasteiger partial charge in [0.1, 0.15) is 11.6 Å². The molecule has 4 N–H and O–H groups in total. The van der Waals surface area contributed by atoms with Crippen LogP contribution in [0.25, 0.3) is 10.9 Å². The van der Waals surface area contributed by atoms with E-state index in [0.29, 0.717) is 0 Å². The van der Waals surface area contributed by atoms with Crippen molar-refractivity contribution in [3.05, 3.63) is 48.5 Å². The normalized spacial score (nSPS) is 10.8. The summed E-state index contributed by atoms with van der Waals surface area (Å²) in [5.74, 6) is 1.91. The van der Waals surface area contributed by atoms with Crippen molar-refractivity contribution >= 4 is 22.4 Å². The number of aromatic nitrogens is 3. The Hall–Kier alpha value is -2.56. The lowest BCUT2D eigenvalue weighted by Gasteiger charge is -2.06. The van der Waals surface area contributed by atoms with E-state index in [1.165, 1.54) is 0 Å². The lowest BCUT2D eigenvalue weighted by Crippen LogP contribution is -2.05. The third kappa shape index (κ3) is 2.88. The van der Waals surface area contributed by atoms with Crippen LogP contribution >= 0.6 is 0 Å². The largest absolute Gasteiger partial charge is 0.399 e. The highest BCUT2D eigenvalue weighted by atomic mass is 15.0. The number of nitrogens with two attached hydrogens (primary N) is 1. The van der Waals surface area contributed by atoms with Crippen LogP contribution in [-0.2, 0) is 6.42 Å². The van der Waals surface area contributed by atoms with E-state index in [1.807, 2.05) is 36.5 Å². The topological polar surface area (TPSA) is 79.6 Å². The van der Waals surface area contributed by atoms with E-state index in [0.717, 1.165) is 47.6 Å². The molecule has 3 rings (SSSR count). The quantitative estimate of drug-likeness (QED) is 0.490. The second kappa shape index (κ2) is 5.61. The first kappa shape index (κ1) is 12.5. The number of rotatable bonds is 5. The fourth-order valence-corrected chi connectivity index (χ4v) is 2.15. The zero-order valence-corrected chi connectivity index (χ0v) is 11.1. The number of nitrogen functional groups attached to an aromatic ring is 1. The fourth-order valence-electron chi connectivity index (χ4n) is 2.15. The number of aromatic amines is 1. The molecule has 3 aromatic rings. The number of aryl methyl sites for hydroxylation is 1. The minimum Gasteiger partial charge on any atom is -0.399 e. The maximum Gasteiger partial charge on any atom is 0.126 e. The van der Waals surface area contributed by atoms with Gasteiger partial charge in [-0.1, -0.05) is 0 Å². The van der Waals surface area contributed by atoms with E-state index in [9.17, 15) is 0 Å². The molecule has 0 aliphatic heterocycles. The second-order valence-corrected chi connectivity index (χ2v) is 4.71. The predicted molar refractivity (Wildman–Crippen MR) is 81.6 cm³/mol. The molecule has 0 saturated heterocycles. The summed E-state index contributed by atoms with van der Waals surface area (Å²) in [5, 5.41) is 4.39. The highest BCUT2D eigenvalue weighted by molar-refractivity contribution is 5.83. The minimum atomic E-state index is 0.762. The first-order valence-corrected chi connectivity index (χ1v) is 6.70. The summed E-state index contributed by atoms with van der Waals surface area (Å²) in [6.07, 6.45) is 5.57. The van der Waals surface area contributed by atoms with Crippen molar-refractivity contribution in [2.75, 3.05) is 17.6 Å². The molecule has 5 heteroatoms. The lowest BCUT2D eigenvalue weighted by molar-refractivity contribution is 0.814. The van der Waals surface area contributed by atoms with E-state index in [2.05, 4.69) is 20.3 Å². The van der Waals surface area contributed by atoms with E-state index in [4.69, 9.17) is 5.73 Å². The van der Waals surface area contributed by atoms with Gasteiger partial charge in [0.2, 0.25) is 0 Å². The summed E-state index contributed by atoms with van der Waals surface area (Å²) in [4.78, 5) is 11.9. The zero-order chi connectivity index (χ0) is 13.8. The summed E-state index contributed by atoms with van der Waals surface area (Å²) in [6, 6.07) is 9.76. The SMILES string of the molecule is Nc1ccc2nc(NCCCc3ncc[nH]3)ccc2c1. The summed E-state index contributed by atoms with van der Waals surface area (Å²) in [5.41, 5.74) is 7.47. The molecule has 0 saturated carbocycles. The number of anilines is 2. The van der Waals surface area contributed by atoms with Crippen LogP contribution in [0.1, 0.15) is 12.2 Å². The molecule has 102 valence electrons. The van der Waals surface area contributed by atoms with Crippen molar-refractivity contribution in [2.45, 2.75) is 12.8 Å². The Balaban J connectivity index is 1.58. The molecule has 2 aromatic heterocycles. The molecule has 1 aromatic carbocycles. The number of benzene rings is 1. The second-order valence-electron chi connectivity index (χ2n) is 4.71. The molecule has 2 heterocycles. The van der Waals surface area contributed by atoms with Crippen LogP contribution in [0.2, 0.25) is 0 Å². The van der Waals surface area contributed by atoms with Crippen molar-refractivity contribution in [3.63, 3.8) is 0 Å². The molecule has 0 unspecified atom stereocenters. The van der Waals surface area contributed by atoms with Crippen molar-refractivity contribution < 1.29 is 0 Å². The van der Waals surface area contributed by atoms with Gasteiger partial charge in [0.15, 0.2) is 0 Å². The molecule has 0 bridgehead atoms. The monoisotopic (exact) mass is 267 g/mol. The van der Waals surface area contributed by atoms with Gasteiger partial charge in [0, 0.05) is 36.4 Å². The van der Waals surface area contributed by atoms with Crippen molar-refractivity contribution in [1.29, 1.82) is 0 Å². The average molecular weight is 267 g/mol. The maximum atomic E-state index is 5.75. The number of hydrogen-bond acceptors (Lipinski definition) is 4. The van der Waals surface area contributed by atoms with Gasteiger partial charge >= 0.3 is 0 Å². The molecule has 0 radical (unpaired) electrons. The van der Waals surface area contributed by atoms with Crippen LogP contribution in [0.3, 0.4) is 0 Å². The first-order valence-electron chi connectivity index (χ1n) is 6.70. The zero-order valence-electron chi connectivity index (χ0n) is 11.1. The molecule has 0 amide bonds. The standard InChI is InChI=1S/C15H17N5/c16-12-4-5-13-11(10-12)3-6-15(20-13)17-7-1-2-14-18-8-9-19-14/h3-6,8-10H,1-2,7,16H2,(H,17,20)(H,18,19). The highest BCUT2D eigenvalue weighted by Crippen LogP contribution is 2.17. The molecule has 20 heavy (non-hydrogen) atoms. The van der Waals surface area contributed by atoms with Gasteiger partial charge in [-0.15, -0.1) is 0 Å². The van der Waals surface area contributed by atoms with Crippen LogP contribution in [0, 0.1) is 0 Å². The summed E-state index contributed by atoms with van der Waals surface area (Å²) < 4.78 is 0. The third-order valence-corrected chi connectivity index (χ3v) is 3.16. The summed E-state index contributed by atoms with van der Waals surface area (Å²) >= 11 is 0. The Morgan fingerprint density at radius 3 is 3.00 bits per heavy atom. The number of hydrogen-bond donors (Lipinski definition) is 3. The van der Waals surface area contributed by atoms with Crippen molar-refractivity contribution in [3.8, 4) is 0 Å². The van der Waals surface area contributed by atoms with Crippen molar-refractivity contribution in [1.82, 2.24) is 15.0 Å². The van der Waals surface area contributed by atoms with E-state index < -0.39 is 0 Å². The molecular weight excluding hydrogens is 250 g/mol. The molecule has 0 spiro atoms. The Bertz CT molecular complexity index is 691. The van der Waals surface area contributed by atoms with E-state index >= 15 is 0 Å². The van der Waals surface area contributed by atoms with Gasteiger partial charge < -0.3 is 16.0 Å². The third-order valence-electron chi connectivity index (χ3n) is 3.16. The summed E-state index contributed by atoms with van der Waals surface area (Å²) in [7, 11) is 0. The first-order chi connectivity index (χ1) is 9.81. The van der Waals surface area contributed by atoms with E-state index in [-0.39, 0.29) is 0 Å². The number of fused-ring (bicyclic) bond motifs is 1. The summed E-state index contributed by atoms with van der Waals surface area (Å²) in [6.45, 7) is 0.869. The van der Waals surface area contributed by atoms with Crippen LogP contribution < -0.4 is 11.1 Å². The highest BCUT2D eigenvalue weighted by Gasteiger charge is 1.99. The van der Waals surface area contributed by atoms with Crippen LogP contribution in [-0.4, -0.2) is 21.5 Å². The average Bonchev–Trinajstić information content (AvgIpc) is 2.97. The predicted octanol–water partition coefficient (Wildman–Crippen LogP) is 2.58. The fraction of sp³-hybridized carbons (Fsp3) is 0.200. The number of H-pyrrole nitrogens is 1. The minimum absolute atomic E-state index is 0.762. The smallest absolute Gasteiger partial charge is 0.126 e. The lowest BCUT2D eigenvalue weighted by atomic mass is 10.2. The number of nitrogens with one attached hydrogen (secondary N) is 2. The molecular formula is C15H17N5. The van der Waals surface area contributed by atoms with Gasteiger partial charge in [-0.3, -0.25) is 0 Å². The Morgan fingerprint density at radius 2 is 2.15 bits per heavy atom. The molecule has 0 fully saturated rings. The molecule has 0 aliphatic carbocycles. The van der Waals surface area contributed by atoms with Gasteiger partial charge in [0.25, 0.3) is 0 Å². The Kier molecular flexibility index (Phi) is 3.50. The Morgan fingerprint density at radius 1 is 1.20 bits per heavy atom. The molecule has 0 atom stereocenters. The van der Waals surface area contributed by atoms with Gasteiger partial charge in [-0.2, -0.15) is 0 Å². The van der Waals surface area contributed by atoms with Gasteiger partial charge in [-0.05, 0) is 36.8 Å². The Labute approximate surface area is 117 Å². The van der Waals surface area contributed by atoms with Crippen LogP contribution in [0.5, 0.6) is 0 Å². The molecule has 0 aliphatic rings. The number of imidazole rings is 1. The number of pyridine rings is 1.